The van der Waals surface area contributed by atoms with Gasteiger partial charge in [-0.25, -0.2) is 5.43 Å². The van der Waals surface area contributed by atoms with Crippen molar-refractivity contribution >= 4 is 23.9 Å². The summed E-state index contributed by atoms with van der Waals surface area (Å²) in [6.45, 7) is 0.496. The number of carbonyl (C=O) groups excluding carboxylic acids is 1. The van der Waals surface area contributed by atoms with Crippen LogP contribution in [0.15, 0.2) is 113 Å². The van der Waals surface area contributed by atoms with Gasteiger partial charge >= 0.3 is 0 Å². The van der Waals surface area contributed by atoms with Crippen LogP contribution in [0.2, 0.25) is 0 Å². The minimum absolute atomic E-state index is 0.0977. The maximum atomic E-state index is 12.6. The Morgan fingerprint density at radius 1 is 0.833 bits per heavy atom. The zero-order valence-electron chi connectivity index (χ0n) is 23.1. The molecule has 0 radical (unpaired) electrons. The molecule has 0 aliphatic carbocycles. The van der Waals surface area contributed by atoms with E-state index in [4.69, 9.17) is 14.2 Å². The second-order valence-electron chi connectivity index (χ2n) is 8.99. The molecule has 9 nitrogen and oxygen atoms in total. The summed E-state index contributed by atoms with van der Waals surface area (Å²) < 4.78 is 18.3. The molecule has 0 aliphatic heterocycles. The van der Waals surface area contributed by atoms with Crippen LogP contribution in [0, 0.1) is 0 Å². The summed E-state index contributed by atoms with van der Waals surface area (Å²) in [7, 11) is 3.24. The average Bonchev–Trinajstić information content (AvgIpc) is 3.48. The SMILES string of the molecule is COc1ccc(-c2nnc(SCC(=O)NN=Cc3ccc(OCc4ccccc4)cc3)n2-c2ccc(OC)cc2)cc1. The molecule has 1 heterocycles. The fraction of sp³-hybridized carbons (Fsp3) is 0.125. The highest BCUT2D eigenvalue weighted by Crippen LogP contribution is 2.29. The summed E-state index contributed by atoms with van der Waals surface area (Å²) in [6, 6.07) is 32.6. The maximum absolute atomic E-state index is 12.6. The normalized spacial score (nSPS) is 10.9. The Kier molecular flexibility index (Phi) is 9.48. The fourth-order valence-electron chi connectivity index (χ4n) is 3.99. The fourth-order valence-corrected chi connectivity index (χ4v) is 4.73. The zero-order chi connectivity index (χ0) is 29.1. The van der Waals surface area contributed by atoms with E-state index in [-0.39, 0.29) is 11.7 Å². The molecule has 0 saturated heterocycles. The molecule has 42 heavy (non-hydrogen) atoms. The quantitative estimate of drug-likeness (QED) is 0.114. The van der Waals surface area contributed by atoms with Crippen LogP contribution in [0.3, 0.4) is 0 Å². The molecule has 4 aromatic carbocycles. The molecular weight excluding hydrogens is 550 g/mol. The molecule has 0 spiro atoms. The third-order valence-corrected chi connectivity index (χ3v) is 7.10. The lowest BCUT2D eigenvalue weighted by atomic mass is 10.2. The number of methoxy groups -OCH3 is 2. The van der Waals surface area contributed by atoms with Crippen molar-refractivity contribution in [2.75, 3.05) is 20.0 Å². The van der Waals surface area contributed by atoms with E-state index < -0.39 is 0 Å². The number of thioether (sulfide) groups is 1. The molecule has 212 valence electrons. The predicted octanol–water partition coefficient (Wildman–Crippen LogP) is 5.77. The van der Waals surface area contributed by atoms with E-state index in [1.807, 2.05) is 108 Å². The Morgan fingerprint density at radius 2 is 1.48 bits per heavy atom. The average molecular weight is 580 g/mol. The number of nitrogens with zero attached hydrogens (tertiary/aromatic N) is 4. The van der Waals surface area contributed by atoms with E-state index in [1.54, 1.807) is 20.4 Å². The molecule has 0 aliphatic rings. The topological polar surface area (TPSA) is 99.9 Å². The van der Waals surface area contributed by atoms with Gasteiger partial charge in [0.15, 0.2) is 11.0 Å². The molecule has 10 heteroatoms. The molecule has 1 N–H and O–H groups in total. The summed E-state index contributed by atoms with van der Waals surface area (Å²) in [5.41, 5.74) is 6.21. The third-order valence-electron chi connectivity index (χ3n) is 6.18. The molecule has 1 aromatic heterocycles. The number of aromatic nitrogens is 3. The van der Waals surface area contributed by atoms with E-state index in [9.17, 15) is 4.79 Å². The van der Waals surface area contributed by atoms with Gasteiger partial charge in [-0.1, -0.05) is 42.1 Å². The Labute approximate surface area is 248 Å². The molecular formula is C32H29N5O4S. The second-order valence-corrected chi connectivity index (χ2v) is 9.94. The lowest BCUT2D eigenvalue weighted by Gasteiger charge is -2.11. The van der Waals surface area contributed by atoms with Crippen LogP contribution in [0.5, 0.6) is 17.2 Å². The van der Waals surface area contributed by atoms with Gasteiger partial charge in [-0.3, -0.25) is 9.36 Å². The van der Waals surface area contributed by atoms with Crippen molar-refractivity contribution < 1.29 is 19.0 Å². The van der Waals surface area contributed by atoms with Crippen LogP contribution in [-0.2, 0) is 11.4 Å². The first-order valence-corrected chi connectivity index (χ1v) is 14.1. The van der Waals surface area contributed by atoms with Crippen molar-refractivity contribution in [1.29, 1.82) is 0 Å². The first-order valence-electron chi connectivity index (χ1n) is 13.1. The summed E-state index contributed by atoms with van der Waals surface area (Å²) in [4.78, 5) is 12.6. The Bertz CT molecular complexity index is 1620. The highest BCUT2D eigenvalue weighted by Gasteiger charge is 2.17. The van der Waals surface area contributed by atoms with Crippen molar-refractivity contribution in [3.05, 3.63) is 114 Å². The minimum atomic E-state index is -0.269. The predicted molar refractivity (Wildman–Crippen MR) is 164 cm³/mol. The number of hydrogen-bond acceptors (Lipinski definition) is 8. The van der Waals surface area contributed by atoms with E-state index in [1.165, 1.54) is 11.8 Å². The highest BCUT2D eigenvalue weighted by atomic mass is 32.2. The van der Waals surface area contributed by atoms with Gasteiger partial charge in [0, 0.05) is 11.3 Å². The molecule has 0 atom stereocenters. The van der Waals surface area contributed by atoms with E-state index in [0.29, 0.717) is 17.6 Å². The van der Waals surface area contributed by atoms with Crippen LogP contribution in [0.4, 0.5) is 0 Å². The number of benzene rings is 4. The first kappa shape index (κ1) is 28.4. The Hall–Kier alpha value is -5.09. The van der Waals surface area contributed by atoms with E-state index in [0.717, 1.165) is 39.6 Å². The van der Waals surface area contributed by atoms with Crippen molar-refractivity contribution in [2.24, 2.45) is 5.10 Å². The van der Waals surface area contributed by atoms with Crippen LogP contribution in [0.1, 0.15) is 11.1 Å². The number of hydrazone groups is 1. The Morgan fingerprint density at radius 3 is 2.14 bits per heavy atom. The van der Waals surface area contributed by atoms with Gasteiger partial charge in [-0.15, -0.1) is 10.2 Å². The number of amides is 1. The van der Waals surface area contributed by atoms with Crippen LogP contribution in [-0.4, -0.2) is 46.9 Å². The molecule has 0 fully saturated rings. The minimum Gasteiger partial charge on any atom is -0.497 e. The monoisotopic (exact) mass is 579 g/mol. The number of ether oxygens (including phenoxy) is 3. The van der Waals surface area contributed by atoms with Crippen molar-refractivity contribution in [3.63, 3.8) is 0 Å². The van der Waals surface area contributed by atoms with Gasteiger partial charge in [0.2, 0.25) is 0 Å². The van der Waals surface area contributed by atoms with E-state index >= 15 is 0 Å². The molecule has 1 amide bonds. The standard InChI is InChI=1S/C32H29N5O4S/c1-39-27-16-10-25(11-17-27)31-35-36-32(37(31)26-12-18-28(40-2)19-13-26)42-22-30(38)34-33-20-23-8-14-29(15-9-23)41-21-24-6-4-3-5-7-24/h3-20H,21-22H2,1-2H3,(H,34,38). The van der Waals surface area contributed by atoms with Gasteiger partial charge in [0.25, 0.3) is 5.91 Å². The molecule has 0 saturated carbocycles. The number of carbonyl (C=O) groups is 1. The number of hydrogen-bond donors (Lipinski definition) is 1. The van der Waals surface area contributed by atoms with Gasteiger partial charge in [0.1, 0.15) is 23.9 Å². The van der Waals surface area contributed by atoms with Crippen LogP contribution >= 0.6 is 11.8 Å². The van der Waals surface area contributed by atoms with Crippen molar-refractivity contribution in [3.8, 4) is 34.3 Å². The van der Waals surface area contributed by atoms with Gasteiger partial charge < -0.3 is 14.2 Å². The highest BCUT2D eigenvalue weighted by molar-refractivity contribution is 7.99. The number of nitrogens with one attached hydrogen (secondary N) is 1. The molecule has 0 unspecified atom stereocenters. The maximum Gasteiger partial charge on any atom is 0.250 e. The lowest BCUT2D eigenvalue weighted by Crippen LogP contribution is -2.20. The van der Waals surface area contributed by atoms with Crippen LogP contribution in [0.25, 0.3) is 17.1 Å². The van der Waals surface area contributed by atoms with Gasteiger partial charge in [0.05, 0.1) is 26.2 Å². The van der Waals surface area contributed by atoms with Gasteiger partial charge in [-0.2, -0.15) is 5.10 Å². The Balaban J connectivity index is 1.21. The molecule has 5 rings (SSSR count). The second kappa shape index (κ2) is 14.0. The van der Waals surface area contributed by atoms with E-state index in [2.05, 4.69) is 20.7 Å². The van der Waals surface area contributed by atoms with Crippen molar-refractivity contribution in [1.82, 2.24) is 20.2 Å². The summed E-state index contributed by atoms with van der Waals surface area (Å²) in [6.07, 6.45) is 1.59. The number of rotatable bonds is 12. The van der Waals surface area contributed by atoms with Crippen LogP contribution < -0.4 is 19.6 Å². The zero-order valence-corrected chi connectivity index (χ0v) is 24.0. The third kappa shape index (κ3) is 7.35. The summed E-state index contributed by atoms with van der Waals surface area (Å²) in [5.74, 6) is 2.70. The first-order chi connectivity index (χ1) is 20.6. The van der Waals surface area contributed by atoms with Crippen molar-refractivity contribution in [2.45, 2.75) is 11.8 Å². The van der Waals surface area contributed by atoms with Gasteiger partial charge in [-0.05, 0) is 83.9 Å². The summed E-state index contributed by atoms with van der Waals surface area (Å²) in [5, 5.41) is 13.5. The molecule has 5 aromatic rings. The lowest BCUT2D eigenvalue weighted by molar-refractivity contribution is -0.118. The molecule has 0 bridgehead atoms. The largest absolute Gasteiger partial charge is 0.497 e. The smallest absolute Gasteiger partial charge is 0.250 e. The summed E-state index contributed by atoms with van der Waals surface area (Å²) >= 11 is 1.27.